The normalized spacial score (nSPS) is 14.4. The molecule has 2 aromatic carbocycles. The highest BCUT2D eigenvalue weighted by molar-refractivity contribution is 7.10. The molecule has 0 saturated heterocycles. The van der Waals surface area contributed by atoms with Gasteiger partial charge in [-0.15, -0.1) is 0 Å². The summed E-state index contributed by atoms with van der Waals surface area (Å²) in [6.07, 6.45) is 7.35. The molecule has 0 unspecified atom stereocenters. The first-order valence-electron chi connectivity index (χ1n) is 9.54. The predicted molar refractivity (Wildman–Crippen MR) is 121 cm³/mol. The summed E-state index contributed by atoms with van der Waals surface area (Å²) in [5.74, 6) is 0.184. The van der Waals surface area contributed by atoms with E-state index in [2.05, 4.69) is 9.98 Å². The number of fused-ring (bicyclic) bond motifs is 1. The van der Waals surface area contributed by atoms with Gasteiger partial charge in [0.2, 0.25) is 5.88 Å². The molecule has 3 heterocycles. The van der Waals surface area contributed by atoms with Gasteiger partial charge < -0.3 is 5.11 Å². The largest absolute Gasteiger partial charge is 0.493 e. The van der Waals surface area contributed by atoms with Gasteiger partial charge in [0.1, 0.15) is 0 Å². The topological polar surface area (TPSA) is 62.8 Å². The number of aliphatic imine (C=N–C) groups is 1. The minimum Gasteiger partial charge on any atom is -0.493 e. The summed E-state index contributed by atoms with van der Waals surface area (Å²) < 4.78 is 1.82. The van der Waals surface area contributed by atoms with Gasteiger partial charge in [0, 0.05) is 29.7 Å². The lowest BCUT2D eigenvalue weighted by molar-refractivity contribution is 0.419. The molecule has 0 aliphatic carbocycles. The molecule has 1 aliphatic heterocycles. The maximum absolute atomic E-state index is 11.1. The summed E-state index contributed by atoms with van der Waals surface area (Å²) in [6, 6.07) is 21.6. The second-order valence-corrected chi connectivity index (χ2v) is 7.85. The third-order valence-electron chi connectivity index (χ3n) is 4.80. The van der Waals surface area contributed by atoms with E-state index in [1.807, 2.05) is 83.6 Å². The molecule has 0 saturated carbocycles. The second-order valence-electron chi connectivity index (χ2n) is 6.84. The molecule has 146 valence electrons. The average Bonchev–Trinajstić information content (AvgIpc) is 3.32. The average molecular weight is 411 g/mol. The summed E-state index contributed by atoms with van der Waals surface area (Å²) in [5, 5.41) is 11.1. The molecule has 6 heteroatoms. The number of allylic oxidation sites excluding steroid dienone is 1. The Labute approximate surface area is 177 Å². The number of pyridine rings is 1. The van der Waals surface area contributed by atoms with Crippen molar-refractivity contribution in [3.05, 3.63) is 99.9 Å². The number of aromatic nitrogens is 2. The van der Waals surface area contributed by atoms with Gasteiger partial charge in [0.05, 0.1) is 22.8 Å². The molecule has 5 nitrogen and oxygen atoms in total. The number of para-hydroxylation sites is 2. The Morgan fingerprint density at radius 2 is 1.83 bits per heavy atom. The molecule has 0 fully saturated rings. The van der Waals surface area contributed by atoms with Gasteiger partial charge in [0.25, 0.3) is 0 Å². The van der Waals surface area contributed by atoms with E-state index >= 15 is 0 Å². The summed E-state index contributed by atoms with van der Waals surface area (Å²) in [6.45, 7) is 0.482. The number of hydrogen-bond donors (Lipinski definition) is 1. The Morgan fingerprint density at radius 1 is 1.00 bits per heavy atom. The van der Waals surface area contributed by atoms with Crippen molar-refractivity contribution in [1.82, 2.24) is 9.55 Å². The summed E-state index contributed by atoms with van der Waals surface area (Å²) in [5.41, 5.74) is 4.81. The van der Waals surface area contributed by atoms with E-state index < -0.39 is 0 Å². The van der Waals surface area contributed by atoms with Crippen molar-refractivity contribution in [3.63, 3.8) is 0 Å². The number of rotatable bonds is 4. The van der Waals surface area contributed by atoms with Crippen molar-refractivity contribution in [2.24, 2.45) is 9.98 Å². The van der Waals surface area contributed by atoms with Gasteiger partial charge in [-0.05, 0) is 35.9 Å². The highest BCUT2D eigenvalue weighted by Gasteiger charge is 2.16. The fourth-order valence-electron chi connectivity index (χ4n) is 3.32. The van der Waals surface area contributed by atoms with Crippen LogP contribution in [0.3, 0.4) is 0 Å². The Bertz CT molecular complexity index is 1320. The zero-order chi connectivity index (χ0) is 20.3. The highest BCUT2D eigenvalue weighted by Crippen LogP contribution is 2.34. The van der Waals surface area contributed by atoms with Crippen molar-refractivity contribution in [3.8, 4) is 5.88 Å². The molecular weight excluding hydrogens is 392 g/mol. The number of nitrogens with zero attached hydrogens (tertiary/aromatic N) is 4. The van der Waals surface area contributed by atoms with E-state index in [4.69, 9.17) is 4.99 Å². The molecule has 2 aromatic heterocycles. The quantitative estimate of drug-likeness (QED) is 0.503. The first kappa shape index (κ1) is 18.3. The van der Waals surface area contributed by atoms with Crippen molar-refractivity contribution >= 4 is 40.6 Å². The SMILES string of the molecule is Oc1c(/C=C2\C=Nc3ccccc32)sc(=Nc2ccccc2)n1Cc1cccnc1. The Balaban J connectivity index is 1.63. The Hall–Kier alpha value is -3.77. The van der Waals surface area contributed by atoms with E-state index in [1.165, 1.54) is 11.3 Å². The molecule has 30 heavy (non-hydrogen) atoms. The third-order valence-corrected chi connectivity index (χ3v) is 5.81. The fraction of sp³-hybridized carbons (Fsp3) is 0.0417. The number of thiazole rings is 1. The van der Waals surface area contributed by atoms with Crippen LogP contribution in [0.2, 0.25) is 0 Å². The standard InChI is InChI=1S/C24H18N4OS/c29-23-22(13-18-15-26-21-11-5-4-10-20(18)21)30-24(27-19-8-2-1-3-9-19)28(23)16-17-7-6-12-25-14-17/h1-15,29H,16H2/b18-13+,27-24?. The van der Waals surface area contributed by atoms with E-state index in [-0.39, 0.29) is 5.88 Å². The molecule has 0 atom stereocenters. The molecule has 0 amide bonds. The van der Waals surface area contributed by atoms with Crippen LogP contribution in [0.15, 0.2) is 89.1 Å². The van der Waals surface area contributed by atoms with Crippen LogP contribution in [0.25, 0.3) is 11.6 Å². The summed E-state index contributed by atoms with van der Waals surface area (Å²) in [4.78, 5) is 14.9. The molecule has 5 rings (SSSR count). The van der Waals surface area contributed by atoms with Gasteiger partial charge in [0.15, 0.2) is 4.80 Å². The van der Waals surface area contributed by atoms with Gasteiger partial charge in [-0.1, -0.05) is 53.8 Å². The molecular formula is C24H18N4OS. The van der Waals surface area contributed by atoms with Crippen LogP contribution < -0.4 is 4.80 Å². The summed E-state index contributed by atoms with van der Waals surface area (Å²) >= 11 is 1.45. The Morgan fingerprint density at radius 3 is 2.67 bits per heavy atom. The smallest absolute Gasteiger partial charge is 0.211 e. The lowest BCUT2D eigenvalue weighted by atomic mass is 10.1. The monoisotopic (exact) mass is 410 g/mol. The van der Waals surface area contributed by atoms with Crippen LogP contribution in [0.1, 0.15) is 16.0 Å². The zero-order valence-electron chi connectivity index (χ0n) is 16.0. The van der Waals surface area contributed by atoms with E-state index in [1.54, 1.807) is 12.4 Å². The zero-order valence-corrected chi connectivity index (χ0v) is 16.8. The van der Waals surface area contributed by atoms with Crippen LogP contribution in [-0.4, -0.2) is 20.9 Å². The van der Waals surface area contributed by atoms with Gasteiger partial charge in [-0.2, -0.15) is 0 Å². The molecule has 1 aliphatic rings. The van der Waals surface area contributed by atoms with Crippen molar-refractivity contribution in [2.45, 2.75) is 6.54 Å². The van der Waals surface area contributed by atoms with Gasteiger partial charge in [-0.25, -0.2) is 4.99 Å². The lowest BCUT2D eigenvalue weighted by Crippen LogP contribution is -2.15. The molecule has 4 aromatic rings. The van der Waals surface area contributed by atoms with Crippen LogP contribution in [0.5, 0.6) is 5.88 Å². The predicted octanol–water partition coefficient (Wildman–Crippen LogP) is 5.19. The van der Waals surface area contributed by atoms with Crippen LogP contribution in [0.4, 0.5) is 11.4 Å². The number of hydrogen-bond acceptors (Lipinski definition) is 5. The van der Waals surface area contributed by atoms with Crippen LogP contribution in [0, 0.1) is 0 Å². The van der Waals surface area contributed by atoms with E-state index in [0.717, 1.165) is 37.8 Å². The van der Waals surface area contributed by atoms with E-state index in [0.29, 0.717) is 6.54 Å². The lowest BCUT2D eigenvalue weighted by Gasteiger charge is -2.05. The maximum Gasteiger partial charge on any atom is 0.211 e. The first-order chi connectivity index (χ1) is 14.8. The fourth-order valence-corrected chi connectivity index (χ4v) is 4.32. The van der Waals surface area contributed by atoms with Gasteiger partial charge >= 0.3 is 0 Å². The van der Waals surface area contributed by atoms with E-state index in [9.17, 15) is 5.11 Å². The highest BCUT2D eigenvalue weighted by atomic mass is 32.1. The molecule has 0 spiro atoms. The minimum atomic E-state index is 0.184. The second kappa shape index (κ2) is 7.93. The Kier molecular flexibility index (Phi) is 4.83. The van der Waals surface area contributed by atoms with Crippen molar-refractivity contribution < 1.29 is 5.11 Å². The molecule has 0 bridgehead atoms. The van der Waals surface area contributed by atoms with Crippen LogP contribution >= 0.6 is 11.3 Å². The number of benzene rings is 2. The van der Waals surface area contributed by atoms with Gasteiger partial charge in [-0.3, -0.25) is 14.5 Å². The van der Waals surface area contributed by atoms with Crippen molar-refractivity contribution in [2.75, 3.05) is 0 Å². The molecule has 1 N–H and O–H groups in total. The number of aromatic hydroxyl groups is 1. The molecule has 0 radical (unpaired) electrons. The maximum atomic E-state index is 11.1. The first-order valence-corrected chi connectivity index (χ1v) is 10.4. The van der Waals surface area contributed by atoms with Crippen LogP contribution in [-0.2, 0) is 6.54 Å². The third kappa shape index (κ3) is 3.60. The summed E-state index contributed by atoms with van der Waals surface area (Å²) in [7, 11) is 0. The minimum absolute atomic E-state index is 0.184. The van der Waals surface area contributed by atoms with Crippen molar-refractivity contribution in [1.29, 1.82) is 0 Å².